The average molecular weight is 380 g/mol. The van der Waals surface area contributed by atoms with Crippen molar-refractivity contribution in [1.82, 2.24) is 9.38 Å². The molecule has 6 heteroatoms. The van der Waals surface area contributed by atoms with E-state index in [-0.39, 0.29) is 18.6 Å². The van der Waals surface area contributed by atoms with Gasteiger partial charge in [-0.2, -0.15) is 0 Å². The number of nitrogens with zero attached hydrogens (tertiary/aromatic N) is 2. The second-order valence-electron chi connectivity index (χ2n) is 7.14. The number of aromatic nitrogens is 2. The first-order valence-electron chi connectivity index (χ1n) is 9.26. The van der Waals surface area contributed by atoms with E-state index in [2.05, 4.69) is 4.98 Å². The highest BCUT2D eigenvalue weighted by Crippen LogP contribution is 2.34. The van der Waals surface area contributed by atoms with E-state index in [1.165, 1.54) is 0 Å². The number of hydrogen-bond acceptors (Lipinski definition) is 4. The van der Waals surface area contributed by atoms with Crippen molar-refractivity contribution in [2.45, 2.75) is 39.0 Å². The number of pyridine rings is 1. The SMILES string of the molecule is CCOc1cccn2c(C(=O)C[C@@](C)(CC(=O)O)c3ccccc3)c(C)nc12. The van der Waals surface area contributed by atoms with Crippen LogP contribution in [-0.4, -0.2) is 32.9 Å². The van der Waals surface area contributed by atoms with Crippen molar-refractivity contribution in [2.75, 3.05) is 6.61 Å². The summed E-state index contributed by atoms with van der Waals surface area (Å²) in [5.41, 5.74) is 1.65. The van der Waals surface area contributed by atoms with Gasteiger partial charge in [0.2, 0.25) is 0 Å². The molecule has 3 aromatic rings. The van der Waals surface area contributed by atoms with Crippen LogP contribution in [0.2, 0.25) is 0 Å². The maximum absolute atomic E-state index is 13.3. The fraction of sp³-hybridized carbons (Fsp3) is 0.318. The molecular formula is C22H24N2O4. The minimum Gasteiger partial charge on any atom is -0.490 e. The van der Waals surface area contributed by atoms with Crippen LogP contribution in [-0.2, 0) is 10.2 Å². The summed E-state index contributed by atoms with van der Waals surface area (Å²) < 4.78 is 7.35. The summed E-state index contributed by atoms with van der Waals surface area (Å²) in [6.45, 7) is 5.99. The fourth-order valence-electron chi connectivity index (χ4n) is 3.64. The molecule has 0 aliphatic carbocycles. The molecule has 0 aliphatic heterocycles. The van der Waals surface area contributed by atoms with Crippen molar-refractivity contribution < 1.29 is 19.4 Å². The van der Waals surface area contributed by atoms with Gasteiger partial charge in [0.05, 0.1) is 18.7 Å². The highest BCUT2D eigenvalue weighted by atomic mass is 16.5. The van der Waals surface area contributed by atoms with Crippen LogP contribution in [0.4, 0.5) is 0 Å². The van der Waals surface area contributed by atoms with E-state index in [0.29, 0.717) is 29.4 Å². The van der Waals surface area contributed by atoms with Gasteiger partial charge in [0.25, 0.3) is 0 Å². The zero-order chi connectivity index (χ0) is 20.3. The van der Waals surface area contributed by atoms with Crippen LogP contribution in [0.3, 0.4) is 0 Å². The third-order valence-corrected chi connectivity index (χ3v) is 4.92. The predicted octanol–water partition coefficient (Wildman–Crippen LogP) is 4.05. The monoisotopic (exact) mass is 380 g/mol. The molecule has 2 heterocycles. The van der Waals surface area contributed by atoms with E-state index in [4.69, 9.17) is 4.74 Å². The molecule has 0 radical (unpaired) electrons. The fourth-order valence-corrected chi connectivity index (χ4v) is 3.64. The molecule has 0 aliphatic rings. The van der Waals surface area contributed by atoms with Gasteiger partial charge < -0.3 is 9.84 Å². The molecule has 0 saturated carbocycles. The lowest BCUT2D eigenvalue weighted by atomic mass is 9.75. The summed E-state index contributed by atoms with van der Waals surface area (Å²) in [5.74, 6) is -0.470. The van der Waals surface area contributed by atoms with Gasteiger partial charge in [0.1, 0.15) is 5.69 Å². The number of hydrogen-bond donors (Lipinski definition) is 1. The summed E-state index contributed by atoms with van der Waals surface area (Å²) >= 11 is 0. The first kappa shape index (κ1) is 19.6. The molecule has 6 nitrogen and oxygen atoms in total. The maximum atomic E-state index is 13.3. The van der Waals surface area contributed by atoms with Crippen molar-refractivity contribution in [3.8, 4) is 5.75 Å². The number of ketones is 1. The Labute approximate surface area is 163 Å². The summed E-state index contributed by atoms with van der Waals surface area (Å²) in [6.07, 6.45) is 1.71. The maximum Gasteiger partial charge on any atom is 0.304 e. The molecule has 0 spiro atoms. The summed E-state index contributed by atoms with van der Waals surface area (Å²) in [6, 6.07) is 12.9. The molecule has 28 heavy (non-hydrogen) atoms. The lowest BCUT2D eigenvalue weighted by Gasteiger charge is -2.28. The van der Waals surface area contributed by atoms with Crippen LogP contribution >= 0.6 is 0 Å². The largest absolute Gasteiger partial charge is 0.490 e. The second kappa shape index (κ2) is 7.84. The van der Waals surface area contributed by atoms with Gasteiger partial charge in [-0.15, -0.1) is 0 Å². The third kappa shape index (κ3) is 3.76. The summed E-state index contributed by atoms with van der Waals surface area (Å²) in [7, 11) is 0. The number of imidazole rings is 1. The van der Waals surface area contributed by atoms with Gasteiger partial charge in [0.15, 0.2) is 17.2 Å². The smallest absolute Gasteiger partial charge is 0.304 e. The van der Waals surface area contributed by atoms with Gasteiger partial charge >= 0.3 is 5.97 Å². The highest BCUT2D eigenvalue weighted by molar-refractivity contribution is 5.98. The molecule has 1 N–H and O–H groups in total. The molecule has 2 aromatic heterocycles. The van der Waals surface area contributed by atoms with E-state index in [0.717, 1.165) is 5.56 Å². The minimum atomic E-state index is -0.937. The van der Waals surface area contributed by atoms with Gasteiger partial charge in [-0.1, -0.05) is 37.3 Å². The number of rotatable bonds is 8. The standard InChI is InChI=1S/C22H24N2O4/c1-4-28-18-11-8-12-24-20(15(2)23-21(18)24)17(25)13-22(3,14-19(26)27)16-9-6-5-7-10-16/h5-12H,4,13-14H2,1-3H3,(H,26,27)/t22-/m0/s1. The summed E-state index contributed by atoms with van der Waals surface area (Å²) in [5, 5.41) is 9.43. The molecule has 146 valence electrons. The number of aliphatic carboxylic acids is 1. The quantitative estimate of drug-likeness (QED) is 0.596. The number of carboxylic acid groups (broad SMARTS) is 1. The number of aryl methyl sites for hydroxylation is 1. The first-order valence-corrected chi connectivity index (χ1v) is 9.26. The topological polar surface area (TPSA) is 80.9 Å². The van der Waals surface area contributed by atoms with Gasteiger partial charge in [-0.05, 0) is 31.5 Å². The third-order valence-electron chi connectivity index (χ3n) is 4.92. The molecule has 0 bridgehead atoms. The molecule has 1 atom stereocenters. The molecule has 0 fully saturated rings. The Balaban J connectivity index is 2.02. The van der Waals surface area contributed by atoms with E-state index in [1.54, 1.807) is 17.5 Å². The van der Waals surface area contributed by atoms with Crippen LogP contribution in [0.1, 0.15) is 48.4 Å². The van der Waals surface area contributed by atoms with Crippen LogP contribution in [0.25, 0.3) is 5.65 Å². The van der Waals surface area contributed by atoms with Gasteiger partial charge in [0, 0.05) is 18.0 Å². The van der Waals surface area contributed by atoms with Crippen molar-refractivity contribution in [1.29, 1.82) is 0 Å². The molecule has 0 saturated heterocycles. The van der Waals surface area contributed by atoms with E-state index < -0.39 is 11.4 Å². The number of carboxylic acids is 1. The normalized spacial score (nSPS) is 13.2. The number of benzene rings is 1. The van der Waals surface area contributed by atoms with E-state index >= 15 is 0 Å². The van der Waals surface area contributed by atoms with E-state index in [1.807, 2.05) is 56.3 Å². The molecule has 3 rings (SSSR count). The summed E-state index contributed by atoms with van der Waals surface area (Å²) in [4.78, 5) is 29.3. The number of carbonyl (C=O) groups excluding carboxylic acids is 1. The Bertz CT molecular complexity index is 1010. The minimum absolute atomic E-state index is 0.0663. The van der Waals surface area contributed by atoms with Crippen molar-refractivity contribution >= 4 is 17.4 Å². The number of fused-ring (bicyclic) bond motifs is 1. The van der Waals surface area contributed by atoms with Crippen LogP contribution in [0.15, 0.2) is 48.7 Å². The van der Waals surface area contributed by atoms with E-state index in [9.17, 15) is 14.7 Å². The van der Waals surface area contributed by atoms with Gasteiger partial charge in [-0.25, -0.2) is 4.98 Å². The number of ether oxygens (including phenoxy) is 1. The Morgan fingerprint density at radius 1 is 1.14 bits per heavy atom. The lowest BCUT2D eigenvalue weighted by molar-refractivity contribution is -0.138. The van der Waals surface area contributed by atoms with Crippen LogP contribution < -0.4 is 4.74 Å². The van der Waals surface area contributed by atoms with Crippen LogP contribution in [0.5, 0.6) is 5.75 Å². The van der Waals surface area contributed by atoms with Crippen molar-refractivity contribution in [2.24, 2.45) is 0 Å². The molecule has 1 aromatic carbocycles. The average Bonchev–Trinajstić information content (AvgIpc) is 2.99. The second-order valence-corrected chi connectivity index (χ2v) is 7.14. The number of Topliss-reactive ketones (excluding diaryl/α,β-unsaturated/α-hetero) is 1. The van der Waals surface area contributed by atoms with Crippen molar-refractivity contribution in [3.63, 3.8) is 0 Å². The molecule has 0 amide bonds. The Morgan fingerprint density at radius 2 is 1.86 bits per heavy atom. The lowest BCUT2D eigenvalue weighted by Crippen LogP contribution is -2.29. The van der Waals surface area contributed by atoms with Crippen LogP contribution in [0, 0.1) is 6.92 Å². The zero-order valence-corrected chi connectivity index (χ0v) is 16.3. The predicted molar refractivity (Wildman–Crippen MR) is 106 cm³/mol. The Hall–Kier alpha value is -3.15. The number of carbonyl (C=O) groups is 2. The molecular weight excluding hydrogens is 356 g/mol. The van der Waals surface area contributed by atoms with Gasteiger partial charge in [-0.3, -0.25) is 14.0 Å². The van der Waals surface area contributed by atoms with Crippen molar-refractivity contribution in [3.05, 3.63) is 65.6 Å². The zero-order valence-electron chi connectivity index (χ0n) is 16.3. The first-order chi connectivity index (χ1) is 13.4. The molecule has 0 unspecified atom stereocenters. The highest BCUT2D eigenvalue weighted by Gasteiger charge is 2.34. The Morgan fingerprint density at radius 3 is 2.50 bits per heavy atom. The Kier molecular flexibility index (Phi) is 5.49.